The maximum atomic E-state index is 12.3. The van der Waals surface area contributed by atoms with E-state index in [2.05, 4.69) is 9.44 Å². The highest BCUT2D eigenvalue weighted by Gasteiger charge is 2.28. The van der Waals surface area contributed by atoms with E-state index < -0.39 is 20.0 Å². The van der Waals surface area contributed by atoms with Gasteiger partial charge in [-0.15, -0.1) is 0 Å². The number of carbonyl (C=O) groups is 1. The highest BCUT2D eigenvalue weighted by atomic mass is 32.2. The van der Waals surface area contributed by atoms with Crippen LogP contribution < -0.4 is 9.44 Å². The number of amides is 1. The van der Waals surface area contributed by atoms with Crippen molar-refractivity contribution in [3.05, 3.63) is 24.3 Å². The van der Waals surface area contributed by atoms with Crippen LogP contribution in [0.5, 0.6) is 0 Å². The van der Waals surface area contributed by atoms with Crippen molar-refractivity contribution in [1.29, 1.82) is 0 Å². The highest BCUT2D eigenvalue weighted by Crippen LogP contribution is 2.22. The van der Waals surface area contributed by atoms with Crippen LogP contribution in [0.4, 0.5) is 0 Å². The highest BCUT2D eigenvalue weighted by molar-refractivity contribution is 7.90. The van der Waals surface area contributed by atoms with Gasteiger partial charge in [0.05, 0.1) is 9.79 Å². The van der Waals surface area contributed by atoms with Crippen LogP contribution >= 0.6 is 0 Å². The molecule has 150 valence electrons. The molecular formula is C17H25N3O5S2. The number of rotatable bonds is 8. The molecule has 0 atom stereocenters. The minimum Gasteiger partial charge on any atom is -0.343 e. The molecule has 1 heterocycles. The lowest BCUT2D eigenvalue weighted by molar-refractivity contribution is -0.131. The molecule has 2 N–H and O–H groups in total. The number of likely N-dealkylation sites (tertiary alicyclic amines) is 1. The zero-order chi connectivity index (χ0) is 19.5. The molecule has 0 unspecified atom stereocenters. The number of nitrogens with one attached hydrogen (secondary N) is 2. The zero-order valence-corrected chi connectivity index (χ0v) is 16.7. The lowest BCUT2D eigenvalue weighted by Crippen LogP contribution is -2.37. The molecule has 8 nitrogen and oxygen atoms in total. The number of carbonyl (C=O) groups excluding carboxylic acids is 1. The molecule has 0 bridgehead atoms. The predicted octanol–water partition coefficient (Wildman–Crippen LogP) is 0.808. The molecule has 1 aromatic rings. The standard InChI is InChI=1S/C17H25N3O5S2/c21-17(20-12-2-1-3-13-20)10-11-18-26(22,23)15-6-8-16(9-7-15)27(24,25)19-14-4-5-14/h6-9,14,18-19H,1-5,10-13H2. The summed E-state index contributed by atoms with van der Waals surface area (Å²) in [5.74, 6) is -0.0509. The van der Waals surface area contributed by atoms with E-state index in [0.717, 1.165) is 45.2 Å². The van der Waals surface area contributed by atoms with Gasteiger partial charge in [-0.1, -0.05) is 0 Å². The van der Waals surface area contributed by atoms with Crippen LogP contribution in [0.25, 0.3) is 0 Å². The summed E-state index contributed by atoms with van der Waals surface area (Å²) in [7, 11) is -7.41. The number of benzene rings is 1. The normalized spacial score (nSPS) is 18.4. The molecule has 2 fully saturated rings. The maximum absolute atomic E-state index is 12.3. The van der Waals surface area contributed by atoms with Gasteiger partial charge in [0, 0.05) is 32.1 Å². The Morgan fingerprint density at radius 3 is 2.04 bits per heavy atom. The predicted molar refractivity (Wildman–Crippen MR) is 100 cm³/mol. The Labute approximate surface area is 160 Å². The molecule has 1 aliphatic carbocycles. The van der Waals surface area contributed by atoms with Gasteiger partial charge >= 0.3 is 0 Å². The average molecular weight is 416 g/mol. The number of hydrogen-bond acceptors (Lipinski definition) is 5. The van der Waals surface area contributed by atoms with E-state index in [9.17, 15) is 21.6 Å². The van der Waals surface area contributed by atoms with Gasteiger partial charge in [0.15, 0.2) is 0 Å². The Morgan fingerprint density at radius 1 is 0.926 bits per heavy atom. The second-order valence-electron chi connectivity index (χ2n) is 6.96. The topological polar surface area (TPSA) is 113 Å². The van der Waals surface area contributed by atoms with Crippen LogP contribution in [0.15, 0.2) is 34.1 Å². The lowest BCUT2D eigenvalue weighted by atomic mass is 10.1. The molecule has 1 saturated heterocycles. The van der Waals surface area contributed by atoms with Crippen molar-refractivity contribution in [3.8, 4) is 0 Å². The molecule has 0 radical (unpaired) electrons. The molecule has 1 aromatic carbocycles. The van der Waals surface area contributed by atoms with Gasteiger partial charge in [0.2, 0.25) is 26.0 Å². The fourth-order valence-corrected chi connectivity index (χ4v) is 5.30. The van der Waals surface area contributed by atoms with E-state index in [1.165, 1.54) is 24.3 Å². The fourth-order valence-electron chi connectivity index (χ4n) is 2.96. The van der Waals surface area contributed by atoms with Gasteiger partial charge in [-0.25, -0.2) is 26.3 Å². The molecule has 1 saturated carbocycles. The van der Waals surface area contributed by atoms with E-state index in [-0.39, 0.29) is 34.7 Å². The van der Waals surface area contributed by atoms with Crippen LogP contribution in [0, 0.1) is 0 Å². The Bertz CT molecular complexity index is 872. The average Bonchev–Trinajstić information content (AvgIpc) is 3.45. The molecule has 1 aliphatic heterocycles. The first kappa shape index (κ1) is 20.2. The molecule has 27 heavy (non-hydrogen) atoms. The monoisotopic (exact) mass is 415 g/mol. The first-order valence-corrected chi connectivity index (χ1v) is 12.1. The van der Waals surface area contributed by atoms with Crippen molar-refractivity contribution in [3.63, 3.8) is 0 Å². The molecule has 0 aromatic heterocycles. The SMILES string of the molecule is O=C(CCNS(=O)(=O)c1ccc(S(=O)(=O)NC2CC2)cc1)N1CCCCC1. The zero-order valence-electron chi connectivity index (χ0n) is 15.1. The van der Waals surface area contributed by atoms with Crippen LogP contribution in [0.1, 0.15) is 38.5 Å². The summed E-state index contributed by atoms with van der Waals surface area (Å²) < 4.78 is 53.9. The minimum absolute atomic E-state index is 0.0148. The first-order chi connectivity index (χ1) is 12.8. The number of sulfonamides is 2. The second kappa shape index (κ2) is 8.26. The molecule has 2 aliphatic rings. The summed E-state index contributed by atoms with van der Waals surface area (Å²) in [6, 6.07) is 5.06. The number of nitrogens with zero attached hydrogens (tertiary/aromatic N) is 1. The Morgan fingerprint density at radius 2 is 1.48 bits per heavy atom. The van der Waals surface area contributed by atoms with Crippen molar-refractivity contribution in [2.45, 2.75) is 54.4 Å². The molecule has 10 heteroatoms. The van der Waals surface area contributed by atoms with Crippen molar-refractivity contribution < 1.29 is 21.6 Å². The van der Waals surface area contributed by atoms with Gasteiger partial charge in [-0.2, -0.15) is 0 Å². The van der Waals surface area contributed by atoms with E-state index in [0.29, 0.717) is 0 Å². The minimum atomic E-state index is -3.80. The summed E-state index contributed by atoms with van der Waals surface area (Å²) in [4.78, 5) is 13.9. The van der Waals surface area contributed by atoms with Crippen LogP contribution in [-0.4, -0.2) is 53.3 Å². The molecular weight excluding hydrogens is 390 g/mol. The molecule has 0 spiro atoms. The van der Waals surface area contributed by atoms with Crippen molar-refractivity contribution in [2.24, 2.45) is 0 Å². The van der Waals surface area contributed by atoms with Crippen molar-refractivity contribution in [1.82, 2.24) is 14.3 Å². The van der Waals surface area contributed by atoms with E-state index in [1.807, 2.05) is 0 Å². The number of piperidine rings is 1. The van der Waals surface area contributed by atoms with Crippen molar-refractivity contribution in [2.75, 3.05) is 19.6 Å². The summed E-state index contributed by atoms with van der Waals surface area (Å²) in [5.41, 5.74) is 0. The largest absolute Gasteiger partial charge is 0.343 e. The van der Waals surface area contributed by atoms with Crippen LogP contribution in [0.3, 0.4) is 0 Å². The molecule has 1 amide bonds. The third-order valence-electron chi connectivity index (χ3n) is 4.68. The van der Waals surface area contributed by atoms with Crippen LogP contribution in [-0.2, 0) is 24.8 Å². The summed E-state index contributed by atoms with van der Waals surface area (Å²) in [6.07, 6.45) is 4.86. The van der Waals surface area contributed by atoms with Gasteiger partial charge < -0.3 is 4.90 Å². The quantitative estimate of drug-likeness (QED) is 0.652. The number of hydrogen-bond donors (Lipinski definition) is 2. The Hall–Kier alpha value is -1.49. The van der Waals surface area contributed by atoms with Crippen LogP contribution in [0.2, 0.25) is 0 Å². The second-order valence-corrected chi connectivity index (χ2v) is 10.4. The van der Waals surface area contributed by atoms with Gasteiger partial charge in [-0.05, 0) is 56.4 Å². The molecule has 3 rings (SSSR count). The smallest absolute Gasteiger partial charge is 0.240 e. The van der Waals surface area contributed by atoms with E-state index in [1.54, 1.807) is 4.90 Å². The van der Waals surface area contributed by atoms with Gasteiger partial charge in [0.1, 0.15) is 0 Å². The Balaban J connectivity index is 1.55. The lowest BCUT2D eigenvalue weighted by Gasteiger charge is -2.26. The maximum Gasteiger partial charge on any atom is 0.240 e. The van der Waals surface area contributed by atoms with E-state index in [4.69, 9.17) is 0 Å². The summed E-state index contributed by atoms with van der Waals surface area (Å²) >= 11 is 0. The van der Waals surface area contributed by atoms with Crippen molar-refractivity contribution >= 4 is 26.0 Å². The first-order valence-electron chi connectivity index (χ1n) is 9.18. The summed E-state index contributed by atoms with van der Waals surface area (Å²) in [5, 5.41) is 0. The van der Waals surface area contributed by atoms with Gasteiger partial charge in [-0.3, -0.25) is 4.79 Å². The Kier molecular flexibility index (Phi) is 6.19. The van der Waals surface area contributed by atoms with Gasteiger partial charge in [0.25, 0.3) is 0 Å². The fraction of sp³-hybridized carbons (Fsp3) is 0.588. The third-order valence-corrected chi connectivity index (χ3v) is 7.70. The van der Waals surface area contributed by atoms with E-state index >= 15 is 0 Å². The third kappa shape index (κ3) is 5.50. The summed E-state index contributed by atoms with van der Waals surface area (Å²) in [6.45, 7) is 1.48.